The molecule has 0 atom stereocenters. The number of anilines is 1. The van der Waals surface area contributed by atoms with Gasteiger partial charge in [0.15, 0.2) is 0 Å². The van der Waals surface area contributed by atoms with E-state index in [0.29, 0.717) is 31.6 Å². The second kappa shape index (κ2) is 7.13. The number of benzene rings is 1. The van der Waals surface area contributed by atoms with Crippen molar-refractivity contribution in [3.63, 3.8) is 0 Å². The van der Waals surface area contributed by atoms with E-state index in [1.54, 1.807) is 18.2 Å². The van der Waals surface area contributed by atoms with Crippen molar-refractivity contribution in [1.82, 2.24) is 5.32 Å². The van der Waals surface area contributed by atoms with Gasteiger partial charge in [0.2, 0.25) is 5.91 Å². The molecular formula is C17H19FN2O3S2. The van der Waals surface area contributed by atoms with Crippen molar-refractivity contribution < 1.29 is 17.6 Å². The van der Waals surface area contributed by atoms with E-state index in [4.69, 9.17) is 0 Å². The van der Waals surface area contributed by atoms with Crippen LogP contribution in [-0.4, -0.2) is 27.4 Å². The number of rotatable bonds is 5. The van der Waals surface area contributed by atoms with Crippen LogP contribution in [0.3, 0.4) is 0 Å². The zero-order valence-electron chi connectivity index (χ0n) is 13.8. The summed E-state index contributed by atoms with van der Waals surface area (Å²) in [6.45, 7) is 2.25. The van der Waals surface area contributed by atoms with Crippen LogP contribution in [0.15, 0.2) is 34.5 Å². The Kier molecular flexibility index (Phi) is 5.10. The van der Waals surface area contributed by atoms with Crippen molar-refractivity contribution in [2.45, 2.75) is 30.4 Å². The number of sulfonamides is 1. The molecule has 1 aromatic heterocycles. The normalized spacial score (nSPS) is 14.2. The molecule has 1 N–H and O–H groups in total. The summed E-state index contributed by atoms with van der Waals surface area (Å²) >= 11 is 1.19. The highest BCUT2D eigenvalue weighted by atomic mass is 32.2. The van der Waals surface area contributed by atoms with Gasteiger partial charge in [0, 0.05) is 24.9 Å². The van der Waals surface area contributed by atoms with Crippen molar-refractivity contribution in [3.05, 3.63) is 46.6 Å². The highest BCUT2D eigenvalue weighted by Crippen LogP contribution is 2.34. The minimum Gasteiger partial charge on any atom is -0.356 e. The molecule has 0 fully saturated rings. The van der Waals surface area contributed by atoms with Gasteiger partial charge in [-0.15, -0.1) is 11.3 Å². The number of nitrogens with one attached hydrogen (secondary N) is 1. The summed E-state index contributed by atoms with van der Waals surface area (Å²) in [5.41, 5.74) is 1.28. The lowest BCUT2D eigenvalue weighted by atomic mass is 10.0. The second-order valence-electron chi connectivity index (χ2n) is 5.91. The third kappa shape index (κ3) is 3.85. The number of fused-ring (bicyclic) bond motifs is 1. The molecule has 1 aliphatic heterocycles. The molecule has 0 radical (unpaired) electrons. The van der Waals surface area contributed by atoms with E-state index in [0.717, 1.165) is 16.9 Å². The Hall–Kier alpha value is -1.93. The number of halogens is 1. The van der Waals surface area contributed by atoms with Gasteiger partial charge in [-0.1, -0.05) is 6.07 Å². The first-order valence-corrected chi connectivity index (χ1v) is 10.3. The van der Waals surface area contributed by atoms with Crippen molar-refractivity contribution in [1.29, 1.82) is 0 Å². The van der Waals surface area contributed by atoms with Gasteiger partial charge in [0.25, 0.3) is 10.0 Å². The van der Waals surface area contributed by atoms with Gasteiger partial charge < -0.3 is 5.32 Å². The summed E-state index contributed by atoms with van der Waals surface area (Å²) in [6.07, 6.45) is 2.03. The van der Waals surface area contributed by atoms with E-state index in [1.165, 1.54) is 34.7 Å². The summed E-state index contributed by atoms with van der Waals surface area (Å²) in [6, 6.07) is 7.64. The molecule has 0 aliphatic carbocycles. The first-order valence-electron chi connectivity index (χ1n) is 8.02. The van der Waals surface area contributed by atoms with E-state index in [1.807, 2.05) is 0 Å². The van der Waals surface area contributed by atoms with Crippen LogP contribution >= 0.6 is 11.3 Å². The SMILES string of the molecule is CC(=O)NCCc1ccc(S(=O)(=O)N2CCCc3ccc(F)cc32)s1. The van der Waals surface area contributed by atoms with Crippen LogP contribution in [0.2, 0.25) is 0 Å². The number of carbonyl (C=O) groups excluding carboxylic acids is 1. The van der Waals surface area contributed by atoms with E-state index < -0.39 is 15.8 Å². The van der Waals surface area contributed by atoms with Gasteiger partial charge in [0.1, 0.15) is 10.0 Å². The van der Waals surface area contributed by atoms with Crippen molar-refractivity contribution in [2.75, 3.05) is 17.4 Å². The Morgan fingerprint density at radius 2 is 2.12 bits per heavy atom. The Balaban J connectivity index is 1.85. The molecule has 2 heterocycles. The minimum absolute atomic E-state index is 0.114. The molecule has 134 valence electrons. The quantitative estimate of drug-likeness (QED) is 0.865. The standard InChI is InChI=1S/C17H19FN2O3S2/c1-12(21)19-9-8-15-6-7-17(24-15)25(22,23)20-10-2-3-13-4-5-14(18)11-16(13)20/h4-7,11H,2-3,8-10H2,1H3,(H,19,21). The molecule has 0 bridgehead atoms. The van der Waals surface area contributed by atoms with Gasteiger partial charge in [-0.25, -0.2) is 12.8 Å². The highest BCUT2D eigenvalue weighted by molar-refractivity contribution is 7.94. The fourth-order valence-corrected chi connectivity index (χ4v) is 5.87. The van der Waals surface area contributed by atoms with Gasteiger partial charge in [-0.3, -0.25) is 9.10 Å². The van der Waals surface area contributed by atoms with Crippen LogP contribution in [0.1, 0.15) is 23.8 Å². The lowest BCUT2D eigenvalue weighted by Gasteiger charge is -2.30. The fraction of sp³-hybridized carbons (Fsp3) is 0.353. The van der Waals surface area contributed by atoms with Crippen molar-refractivity contribution >= 4 is 33.0 Å². The summed E-state index contributed by atoms with van der Waals surface area (Å²) < 4.78 is 41.2. The maximum atomic E-state index is 13.6. The molecule has 1 aliphatic rings. The lowest BCUT2D eigenvalue weighted by Crippen LogP contribution is -2.35. The van der Waals surface area contributed by atoms with Gasteiger partial charge in [-0.2, -0.15) is 0 Å². The molecule has 2 aromatic rings. The molecule has 0 saturated carbocycles. The molecule has 5 nitrogen and oxygen atoms in total. The Labute approximate surface area is 150 Å². The highest BCUT2D eigenvalue weighted by Gasteiger charge is 2.30. The predicted molar refractivity (Wildman–Crippen MR) is 96.0 cm³/mol. The number of thiophene rings is 1. The number of hydrogen-bond acceptors (Lipinski definition) is 4. The van der Waals surface area contributed by atoms with Gasteiger partial charge in [0.05, 0.1) is 5.69 Å². The van der Waals surface area contributed by atoms with Crippen LogP contribution in [-0.2, 0) is 27.7 Å². The summed E-state index contributed by atoms with van der Waals surface area (Å²) in [7, 11) is -3.71. The second-order valence-corrected chi connectivity index (χ2v) is 9.16. The minimum atomic E-state index is -3.71. The average molecular weight is 382 g/mol. The topological polar surface area (TPSA) is 66.5 Å². The third-order valence-corrected chi connectivity index (χ3v) is 7.48. The zero-order chi connectivity index (χ0) is 18.0. The van der Waals surface area contributed by atoms with Crippen LogP contribution in [0.5, 0.6) is 0 Å². The lowest BCUT2D eigenvalue weighted by molar-refractivity contribution is -0.118. The maximum absolute atomic E-state index is 13.6. The monoisotopic (exact) mass is 382 g/mol. The number of aryl methyl sites for hydroxylation is 1. The summed E-state index contributed by atoms with van der Waals surface area (Å²) in [5.74, 6) is -0.556. The largest absolute Gasteiger partial charge is 0.356 e. The summed E-state index contributed by atoms with van der Waals surface area (Å²) in [5, 5.41) is 2.69. The molecule has 0 unspecified atom stereocenters. The van der Waals surface area contributed by atoms with E-state index in [2.05, 4.69) is 5.32 Å². The van der Waals surface area contributed by atoms with Gasteiger partial charge in [-0.05, 0) is 49.1 Å². The number of hydrogen-bond donors (Lipinski definition) is 1. The molecule has 1 amide bonds. The zero-order valence-corrected chi connectivity index (χ0v) is 15.4. The molecule has 1 aromatic carbocycles. The van der Waals surface area contributed by atoms with E-state index >= 15 is 0 Å². The van der Waals surface area contributed by atoms with Crippen molar-refractivity contribution in [3.8, 4) is 0 Å². The molecule has 8 heteroatoms. The first-order chi connectivity index (χ1) is 11.9. The maximum Gasteiger partial charge on any atom is 0.273 e. The molecule has 3 rings (SSSR count). The van der Waals surface area contributed by atoms with Crippen LogP contribution in [0, 0.1) is 5.82 Å². The van der Waals surface area contributed by atoms with E-state index in [9.17, 15) is 17.6 Å². The molecular weight excluding hydrogens is 363 g/mol. The molecule has 25 heavy (non-hydrogen) atoms. The van der Waals surface area contributed by atoms with Crippen LogP contribution in [0.25, 0.3) is 0 Å². The van der Waals surface area contributed by atoms with Crippen LogP contribution in [0.4, 0.5) is 10.1 Å². The van der Waals surface area contributed by atoms with Crippen molar-refractivity contribution in [2.24, 2.45) is 0 Å². The van der Waals surface area contributed by atoms with Crippen LogP contribution < -0.4 is 9.62 Å². The first kappa shape index (κ1) is 17.9. The number of carbonyl (C=O) groups is 1. The Morgan fingerprint density at radius 3 is 2.88 bits per heavy atom. The number of nitrogens with zero attached hydrogens (tertiary/aromatic N) is 1. The predicted octanol–water partition coefficient (Wildman–Crippen LogP) is 2.71. The third-order valence-electron chi connectivity index (χ3n) is 4.05. The number of amides is 1. The Bertz CT molecular complexity index is 893. The molecule has 0 saturated heterocycles. The molecule has 0 spiro atoms. The fourth-order valence-electron chi connectivity index (χ4n) is 2.87. The van der Waals surface area contributed by atoms with E-state index in [-0.39, 0.29) is 10.1 Å². The smallest absolute Gasteiger partial charge is 0.273 e. The summed E-state index contributed by atoms with van der Waals surface area (Å²) in [4.78, 5) is 11.8. The van der Waals surface area contributed by atoms with Gasteiger partial charge >= 0.3 is 0 Å². The average Bonchev–Trinajstić information content (AvgIpc) is 3.03. The Morgan fingerprint density at radius 1 is 1.32 bits per heavy atom.